The molecule has 2 N–H and O–H groups in total. The van der Waals surface area contributed by atoms with Crippen molar-refractivity contribution in [2.24, 2.45) is 0 Å². The number of nitrogens with one attached hydrogen (secondary N) is 2. The molecule has 3 rings (SSSR count). The summed E-state index contributed by atoms with van der Waals surface area (Å²) in [5, 5.41) is 3.32. The molecule has 1 fully saturated rings. The van der Waals surface area contributed by atoms with Gasteiger partial charge in [-0.05, 0) is 37.1 Å². The van der Waals surface area contributed by atoms with E-state index in [9.17, 15) is 8.42 Å². The van der Waals surface area contributed by atoms with Gasteiger partial charge in [0.2, 0.25) is 10.0 Å². The van der Waals surface area contributed by atoms with Crippen LogP contribution in [-0.2, 0) is 16.6 Å². The van der Waals surface area contributed by atoms with E-state index < -0.39 is 10.0 Å². The second-order valence-corrected chi connectivity index (χ2v) is 7.08. The normalized spacial score (nSPS) is 14.9. The van der Waals surface area contributed by atoms with E-state index in [0.717, 1.165) is 17.6 Å². The number of imidazole rings is 1. The third kappa shape index (κ3) is 3.75. The van der Waals surface area contributed by atoms with Crippen LogP contribution in [-0.4, -0.2) is 24.2 Å². The molecule has 1 aromatic heterocycles. The smallest absolute Gasteiger partial charge is 0.229 e. The summed E-state index contributed by atoms with van der Waals surface area (Å²) >= 11 is 0. The van der Waals surface area contributed by atoms with Crippen molar-refractivity contribution in [2.45, 2.75) is 25.4 Å². The minimum Gasteiger partial charge on any atom is -0.379 e. The molecule has 0 amide bonds. The summed E-state index contributed by atoms with van der Waals surface area (Å²) < 4.78 is 26.9. The lowest BCUT2D eigenvalue weighted by Crippen LogP contribution is -2.09. The molecule has 6 nitrogen and oxygen atoms in total. The molecule has 112 valence electrons. The average molecular weight is 306 g/mol. The Balaban J connectivity index is 1.61. The summed E-state index contributed by atoms with van der Waals surface area (Å²) in [6.07, 6.45) is 7.36. The predicted molar refractivity (Wildman–Crippen MR) is 82.7 cm³/mol. The van der Waals surface area contributed by atoms with Gasteiger partial charge in [0, 0.05) is 23.6 Å². The van der Waals surface area contributed by atoms with Crippen molar-refractivity contribution < 1.29 is 8.42 Å². The van der Waals surface area contributed by atoms with Gasteiger partial charge in [-0.2, -0.15) is 0 Å². The van der Waals surface area contributed by atoms with Gasteiger partial charge in [0.25, 0.3) is 0 Å². The maximum atomic E-state index is 11.1. The van der Waals surface area contributed by atoms with Gasteiger partial charge in [-0.3, -0.25) is 4.72 Å². The molecular weight excluding hydrogens is 288 g/mol. The molecule has 0 bridgehead atoms. The Morgan fingerprint density at radius 1 is 1.24 bits per heavy atom. The van der Waals surface area contributed by atoms with E-state index in [0.29, 0.717) is 18.3 Å². The van der Waals surface area contributed by atoms with E-state index in [1.807, 2.05) is 24.7 Å². The maximum Gasteiger partial charge on any atom is 0.229 e. The fourth-order valence-corrected chi connectivity index (χ4v) is 2.78. The van der Waals surface area contributed by atoms with Gasteiger partial charge >= 0.3 is 0 Å². The van der Waals surface area contributed by atoms with Gasteiger partial charge in [0.1, 0.15) is 0 Å². The van der Waals surface area contributed by atoms with Crippen molar-refractivity contribution in [1.29, 1.82) is 0 Å². The second-order valence-electron chi connectivity index (χ2n) is 5.33. The molecule has 2 aromatic rings. The van der Waals surface area contributed by atoms with Crippen LogP contribution in [0.1, 0.15) is 24.6 Å². The average Bonchev–Trinajstić information content (AvgIpc) is 3.15. The van der Waals surface area contributed by atoms with Gasteiger partial charge in [-0.25, -0.2) is 13.4 Å². The number of aromatic nitrogens is 2. The summed E-state index contributed by atoms with van der Waals surface area (Å²) in [4.78, 5) is 4.20. The number of hydrogen-bond donors (Lipinski definition) is 2. The Kier molecular flexibility index (Phi) is 3.59. The lowest BCUT2D eigenvalue weighted by molar-refractivity contribution is 0.607. The van der Waals surface area contributed by atoms with E-state index in [2.05, 4.69) is 19.6 Å². The van der Waals surface area contributed by atoms with Crippen molar-refractivity contribution in [3.05, 3.63) is 42.5 Å². The zero-order valence-corrected chi connectivity index (χ0v) is 12.6. The Labute approximate surface area is 124 Å². The number of sulfonamides is 1. The summed E-state index contributed by atoms with van der Waals surface area (Å²) in [5.41, 5.74) is 2.67. The first kappa shape index (κ1) is 13.9. The molecule has 1 aliphatic rings. The third-order valence-corrected chi connectivity index (χ3v) is 3.95. The Morgan fingerprint density at radius 3 is 2.52 bits per heavy atom. The van der Waals surface area contributed by atoms with Crippen LogP contribution < -0.4 is 10.0 Å². The molecule has 0 atom stereocenters. The highest BCUT2D eigenvalue weighted by molar-refractivity contribution is 7.92. The van der Waals surface area contributed by atoms with Crippen LogP contribution in [0, 0.1) is 0 Å². The number of anilines is 2. The molecule has 1 saturated carbocycles. The van der Waals surface area contributed by atoms with E-state index in [1.165, 1.54) is 12.8 Å². The summed E-state index contributed by atoms with van der Waals surface area (Å²) in [5.74, 6) is 0. The van der Waals surface area contributed by atoms with Crippen LogP contribution in [0.5, 0.6) is 0 Å². The lowest BCUT2D eigenvalue weighted by Gasteiger charge is -2.10. The van der Waals surface area contributed by atoms with Gasteiger partial charge in [0.05, 0.1) is 24.8 Å². The largest absolute Gasteiger partial charge is 0.379 e. The first-order valence-corrected chi connectivity index (χ1v) is 8.73. The predicted octanol–water partition coefficient (Wildman–Crippen LogP) is 2.20. The van der Waals surface area contributed by atoms with E-state index >= 15 is 0 Å². The highest BCUT2D eigenvalue weighted by atomic mass is 32.2. The minimum absolute atomic E-state index is 0.561. The molecule has 1 aromatic carbocycles. The highest BCUT2D eigenvalue weighted by Crippen LogP contribution is 2.35. The molecule has 0 spiro atoms. The van der Waals surface area contributed by atoms with Gasteiger partial charge in [0.15, 0.2) is 0 Å². The molecule has 7 heteroatoms. The SMILES string of the molecule is CS(=O)(=O)Nc1ccc(NCc2cncn2C2CC2)cc1. The van der Waals surface area contributed by atoms with Crippen molar-refractivity contribution >= 4 is 21.4 Å². The standard InChI is InChI=1S/C14H18N4O2S/c1-21(19,20)17-12-4-2-11(3-5-12)16-9-14-8-15-10-18(14)13-6-7-13/h2-5,8,10,13,16-17H,6-7,9H2,1H3. The maximum absolute atomic E-state index is 11.1. The Hall–Kier alpha value is -2.02. The summed E-state index contributed by atoms with van der Waals surface area (Å²) in [7, 11) is -3.23. The Morgan fingerprint density at radius 2 is 1.90 bits per heavy atom. The topological polar surface area (TPSA) is 76.0 Å². The molecule has 0 aliphatic heterocycles. The first-order chi connectivity index (χ1) is 10.0. The van der Waals surface area contributed by atoms with Crippen LogP contribution in [0.4, 0.5) is 11.4 Å². The van der Waals surface area contributed by atoms with Crippen LogP contribution in [0.2, 0.25) is 0 Å². The molecule has 1 heterocycles. The van der Waals surface area contributed by atoms with E-state index in [1.54, 1.807) is 12.1 Å². The van der Waals surface area contributed by atoms with Gasteiger partial charge in [-0.15, -0.1) is 0 Å². The fraction of sp³-hybridized carbons (Fsp3) is 0.357. The fourth-order valence-electron chi connectivity index (χ4n) is 2.21. The van der Waals surface area contributed by atoms with Crippen LogP contribution in [0.15, 0.2) is 36.8 Å². The molecule has 21 heavy (non-hydrogen) atoms. The quantitative estimate of drug-likeness (QED) is 0.858. The monoisotopic (exact) mass is 306 g/mol. The lowest BCUT2D eigenvalue weighted by atomic mass is 10.3. The molecule has 0 unspecified atom stereocenters. The molecular formula is C14H18N4O2S. The van der Waals surface area contributed by atoms with Crippen LogP contribution >= 0.6 is 0 Å². The number of rotatable bonds is 6. The number of hydrogen-bond acceptors (Lipinski definition) is 4. The second kappa shape index (κ2) is 5.40. The summed E-state index contributed by atoms with van der Waals surface area (Å²) in [6.45, 7) is 0.704. The third-order valence-electron chi connectivity index (χ3n) is 3.35. The zero-order valence-electron chi connectivity index (χ0n) is 11.8. The van der Waals surface area contributed by atoms with Crippen molar-refractivity contribution in [3.63, 3.8) is 0 Å². The van der Waals surface area contributed by atoms with Crippen molar-refractivity contribution in [1.82, 2.24) is 9.55 Å². The number of nitrogens with zero attached hydrogens (tertiary/aromatic N) is 2. The molecule has 1 aliphatic carbocycles. The Bertz CT molecular complexity index is 718. The molecule has 0 saturated heterocycles. The van der Waals surface area contributed by atoms with Crippen LogP contribution in [0.3, 0.4) is 0 Å². The highest BCUT2D eigenvalue weighted by Gasteiger charge is 2.24. The zero-order chi connectivity index (χ0) is 14.9. The van der Waals surface area contributed by atoms with Gasteiger partial charge in [-0.1, -0.05) is 0 Å². The van der Waals surface area contributed by atoms with Crippen molar-refractivity contribution in [3.8, 4) is 0 Å². The number of benzene rings is 1. The summed E-state index contributed by atoms with van der Waals surface area (Å²) in [6, 6.07) is 7.80. The van der Waals surface area contributed by atoms with Crippen LogP contribution in [0.25, 0.3) is 0 Å². The first-order valence-electron chi connectivity index (χ1n) is 6.84. The van der Waals surface area contributed by atoms with E-state index in [4.69, 9.17) is 0 Å². The minimum atomic E-state index is -3.23. The van der Waals surface area contributed by atoms with Gasteiger partial charge < -0.3 is 9.88 Å². The molecule has 0 radical (unpaired) electrons. The van der Waals surface area contributed by atoms with Crippen molar-refractivity contribution in [2.75, 3.05) is 16.3 Å². The van der Waals surface area contributed by atoms with E-state index in [-0.39, 0.29) is 0 Å².